The van der Waals surface area contributed by atoms with E-state index in [1.807, 2.05) is 6.92 Å². The summed E-state index contributed by atoms with van der Waals surface area (Å²) < 4.78 is 9.41. The zero-order chi connectivity index (χ0) is 12.3. The first kappa shape index (κ1) is 12.4. The standard InChI is InChI=1S/C13H20O4/c1-13(12(15)17-9-16-8-14)6-10-3-2-4-11(5-10)7-13/h8,10-11H,2-7,9H2,1H3. The summed E-state index contributed by atoms with van der Waals surface area (Å²) in [5, 5.41) is 0. The van der Waals surface area contributed by atoms with Gasteiger partial charge in [-0.25, -0.2) is 0 Å². The molecule has 4 heteroatoms. The summed E-state index contributed by atoms with van der Waals surface area (Å²) in [5.74, 6) is 1.13. The molecule has 0 spiro atoms. The van der Waals surface area contributed by atoms with E-state index in [-0.39, 0.29) is 18.2 Å². The predicted octanol–water partition coefficient (Wildman–Crippen LogP) is 2.27. The Labute approximate surface area is 102 Å². The molecule has 0 heterocycles. The van der Waals surface area contributed by atoms with Crippen molar-refractivity contribution in [1.29, 1.82) is 0 Å². The Morgan fingerprint density at radius 1 is 1.35 bits per heavy atom. The van der Waals surface area contributed by atoms with E-state index in [1.165, 1.54) is 25.7 Å². The maximum atomic E-state index is 12.0. The fraction of sp³-hybridized carbons (Fsp3) is 0.846. The summed E-state index contributed by atoms with van der Waals surface area (Å²) in [4.78, 5) is 22.0. The monoisotopic (exact) mass is 240 g/mol. The van der Waals surface area contributed by atoms with Crippen LogP contribution in [0.5, 0.6) is 0 Å². The molecule has 2 aliphatic rings. The molecule has 0 N–H and O–H groups in total. The highest BCUT2D eigenvalue weighted by Crippen LogP contribution is 2.49. The minimum Gasteiger partial charge on any atom is -0.430 e. The molecular formula is C13H20O4. The van der Waals surface area contributed by atoms with E-state index in [0.717, 1.165) is 12.8 Å². The number of esters is 1. The van der Waals surface area contributed by atoms with Gasteiger partial charge in [0.15, 0.2) is 0 Å². The molecular weight excluding hydrogens is 220 g/mol. The third-order valence-electron chi connectivity index (χ3n) is 4.19. The maximum Gasteiger partial charge on any atom is 0.314 e. The molecule has 2 unspecified atom stereocenters. The number of carbonyl (C=O) groups is 2. The average molecular weight is 240 g/mol. The van der Waals surface area contributed by atoms with Gasteiger partial charge in [0.25, 0.3) is 6.47 Å². The zero-order valence-corrected chi connectivity index (χ0v) is 10.3. The lowest BCUT2D eigenvalue weighted by Crippen LogP contribution is -2.40. The molecule has 2 fully saturated rings. The SMILES string of the molecule is CC1(C(=O)OCOC=O)CC2CCCC(C2)C1. The van der Waals surface area contributed by atoms with E-state index in [9.17, 15) is 9.59 Å². The first-order valence-electron chi connectivity index (χ1n) is 6.36. The molecule has 2 atom stereocenters. The molecule has 2 saturated carbocycles. The van der Waals surface area contributed by atoms with Crippen LogP contribution in [0.3, 0.4) is 0 Å². The van der Waals surface area contributed by atoms with Crippen molar-refractivity contribution in [3.8, 4) is 0 Å². The van der Waals surface area contributed by atoms with Crippen molar-refractivity contribution < 1.29 is 19.1 Å². The molecule has 0 aliphatic heterocycles. The molecule has 2 aliphatic carbocycles. The van der Waals surface area contributed by atoms with Crippen molar-refractivity contribution in [2.75, 3.05) is 6.79 Å². The van der Waals surface area contributed by atoms with Crippen LogP contribution < -0.4 is 0 Å². The van der Waals surface area contributed by atoms with Crippen LogP contribution in [0.4, 0.5) is 0 Å². The topological polar surface area (TPSA) is 52.6 Å². The van der Waals surface area contributed by atoms with Crippen LogP contribution in [0.2, 0.25) is 0 Å². The number of ether oxygens (including phenoxy) is 2. The number of hydrogen-bond donors (Lipinski definition) is 0. The number of rotatable bonds is 4. The number of fused-ring (bicyclic) bond motifs is 2. The third kappa shape index (κ3) is 2.79. The maximum absolute atomic E-state index is 12.0. The normalized spacial score (nSPS) is 36.1. The minimum atomic E-state index is -0.375. The lowest BCUT2D eigenvalue weighted by Gasteiger charge is -2.43. The van der Waals surface area contributed by atoms with Gasteiger partial charge in [0.05, 0.1) is 5.41 Å². The molecule has 0 radical (unpaired) electrons. The summed E-state index contributed by atoms with van der Waals surface area (Å²) in [6.07, 6.45) is 6.89. The van der Waals surface area contributed by atoms with Crippen LogP contribution in [0.25, 0.3) is 0 Å². The molecule has 96 valence electrons. The van der Waals surface area contributed by atoms with E-state index in [2.05, 4.69) is 4.74 Å². The van der Waals surface area contributed by atoms with Crippen LogP contribution in [0.15, 0.2) is 0 Å². The van der Waals surface area contributed by atoms with Gasteiger partial charge in [0.1, 0.15) is 0 Å². The van der Waals surface area contributed by atoms with E-state index >= 15 is 0 Å². The molecule has 2 bridgehead atoms. The van der Waals surface area contributed by atoms with Crippen molar-refractivity contribution in [2.24, 2.45) is 17.3 Å². The summed E-state index contributed by atoms with van der Waals surface area (Å²) in [7, 11) is 0. The van der Waals surface area contributed by atoms with Crippen LogP contribution in [-0.2, 0) is 19.1 Å². The third-order valence-corrected chi connectivity index (χ3v) is 4.19. The predicted molar refractivity (Wildman–Crippen MR) is 60.9 cm³/mol. The average Bonchev–Trinajstić information content (AvgIpc) is 2.28. The largest absolute Gasteiger partial charge is 0.430 e. The first-order chi connectivity index (χ1) is 8.14. The van der Waals surface area contributed by atoms with Gasteiger partial charge in [-0.05, 0) is 38.0 Å². The van der Waals surface area contributed by atoms with Crippen molar-refractivity contribution in [3.05, 3.63) is 0 Å². The van der Waals surface area contributed by atoms with Crippen LogP contribution >= 0.6 is 0 Å². The molecule has 0 aromatic rings. The summed E-state index contributed by atoms with van der Waals surface area (Å²) in [5.41, 5.74) is -0.375. The highest BCUT2D eigenvalue weighted by Gasteiger charge is 2.44. The van der Waals surface area contributed by atoms with Gasteiger partial charge in [-0.3, -0.25) is 9.59 Å². The van der Waals surface area contributed by atoms with Crippen molar-refractivity contribution in [1.82, 2.24) is 0 Å². The molecule has 0 saturated heterocycles. The summed E-state index contributed by atoms with van der Waals surface area (Å²) in [6.45, 7) is 2.03. The second kappa shape index (κ2) is 5.07. The van der Waals surface area contributed by atoms with Gasteiger partial charge >= 0.3 is 5.97 Å². The Hall–Kier alpha value is -1.06. The Morgan fingerprint density at radius 3 is 2.59 bits per heavy atom. The Balaban J connectivity index is 1.93. The van der Waals surface area contributed by atoms with Gasteiger partial charge < -0.3 is 9.47 Å². The van der Waals surface area contributed by atoms with Gasteiger partial charge in [-0.2, -0.15) is 0 Å². The van der Waals surface area contributed by atoms with Gasteiger partial charge in [-0.1, -0.05) is 19.3 Å². The van der Waals surface area contributed by atoms with E-state index in [0.29, 0.717) is 18.3 Å². The molecule has 17 heavy (non-hydrogen) atoms. The summed E-state index contributed by atoms with van der Waals surface area (Å²) >= 11 is 0. The fourth-order valence-electron chi connectivity index (χ4n) is 3.59. The van der Waals surface area contributed by atoms with Gasteiger partial charge in [0.2, 0.25) is 6.79 Å². The van der Waals surface area contributed by atoms with E-state index in [1.54, 1.807) is 0 Å². The van der Waals surface area contributed by atoms with Gasteiger partial charge in [0, 0.05) is 0 Å². The van der Waals surface area contributed by atoms with E-state index in [4.69, 9.17) is 4.74 Å². The lowest BCUT2D eigenvalue weighted by atomic mass is 9.61. The molecule has 0 aromatic carbocycles. The molecule has 0 amide bonds. The van der Waals surface area contributed by atoms with Crippen molar-refractivity contribution >= 4 is 12.4 Å². The molecule has 0 aromatic heterocycles. The second-order valence-electron chi connectivity index (χ2n) is 5.68. The van der Waals surface area contributed by atoms with Crippen molar-refractivity contribution in [3.63, 3.8) is 0 Å². The zero-order valence-electron chi connectivity index (χ0n) is 10.3. The Morgan fingerprint density at radius 2 is 2.00 bits per heavy atom. The Bertz CT molecular complexity index is 288. The van der Waals surface area contributed by atoms with Crippen molar-refractivity contribution in [2.45, 2.75) is 45.4 Å². The van der Waals surface area contributed by atoms with Gasteiger partial charge in [-0.15, -0.1) is 0 Å². The number of hydrogen-bond acceptors (Lipinski definition) is 4. The quantitative estimate of drug-likeness (QED) is 0.327. The van der Waals surface area contributed by atoms with Crippen LogP contribution in [0, 0.1) is 17.3 Å². The number of carbonyl (C=O) groups excluding carboxylic acids is 2. The smallest absolute Gasteiger partial charge is 0.314 e. The Kier molecular flexibility index (Phi) is 3.69. The lowest BCUT2D eigenvalue weighted by molar-refractivity contribution is -0.173. The van der Waals surface area contributed by atoms with Crippen LogP contribution in [-0.4, -0.2) is 19.2 Å². The summed E-state index contributed by atoms with van der Waals surface area (Å²) in [6, 6.07) is 0. The van der Waals surface area contributed by atoms with E-state index < -0.39 is 0 Å². The highest BCUT2D eigenvalue weighted by atomic mass is 16.7. The van der Waals surface area contributed by atoms with Crippen LogP contribution in [0.1, 0.15) is 45.4 Å². The fourth-order valence-corrected chi connectivity index (χ4v) is 3.59. The highest BCUT2D eigenvalue weighted by molar-refractivity contribution is 5.76. The molecule has 2 rings (SSSR count). The first-order valence-corrected chi connectivity index (χ1v) is 6.36. The second-order valence-corrected chi connectivity index (χ2v) is 5.68. The minimum absolute atomic E-state index is 0.212. The molecule has 4 nitrogen and oxygen atoms in total.